The second-order valence-electron chi connectivity index (χ2n) is 21.5. The van der Waals surface area contributed by atoms with E-state index in [1.54, 1.807) is 0 Å². The summed E-state index contributed by atoms with van der Waals surface area (Å²) < 4.78 is 0. The lowest BCUT2D eigenvalue weighted by molar-refractivity contribution is -0.123. The molecule has 1 amide bonds. The third-order valence-corrected chi connectivity index (χ3v) is 14.7. The monoisotopic (exact) mass is 942 g/mol. The Morgan fingerprint density at radius 3 is 0.896 bits per heavy atom. The Balaban J connectivity index is 3.39. The molecule has 2 unspecified atom stereocenters. The van der Waals surface area contributed by atoms with E-state index in [1.165, 1.54) is 295 Å². The van der Waals surface area contributed by atoms with Gasteiger partial charge in [-0.05, 0) is 44.9 Å². The van der Waals surface area contributed by atoms with Crippen LogP contribution in [0.5, 0.6) is 0 Å². The Morgan fingerprint density at radius 1 is 0.358 bits per heavy atom. The van der Waals surface area contributed by atoms with Crippen LogP contribution >= 0.6 is 0 Å². The Labute approximate surface area is 421 Å². The first-order valence-corrected chi connectivity index (χ1v) is 31.0. The van der Waals surface area contributed by atoms with E-state index in [9.17, 15) is 15.0 Å². The number of allylic oxidation sites excluding steroid dienone is 4. The van der Waals surface area contributed by atoms with Crippen LogP contribution < -0.4 is 5.32 Å². The predicted molar refractivity (Wildman–Crippen MR) is 299 cm³/mol. The molecule has 0 aliphatic rings. The molecule has 0 saturated heterocycles. The van der Waals surface area contributed by atoms with Crippen molar-refractivity contribution >= 4 is 5.91 Å². The lowest BCUT2D eigenvalue weighted by atomic mass is 10.0. The van der Waals surface area contributed by atoms with E-state index in [-0.39, 0.29) is 12.5 Å². The summed E-state index contributed by atoms with van der Waals surface area (Å²) in [5.74, 6) is -0.0249. The van der Waals surface area contributed by atoms with E-state index in [4.69, 9.17) is 0 Å². The second-order valence-corrected chi connectivity index (χ2v) is 21.5. The summed E-state index contributed by atoms with van der Waals surface area (Å²) in [6, 6.07) is -0.535. The Morgan fingerprint density at radius 2 is 0.612 bits per heavy atom. The minimum absolute atomic E-state index is 0.0249. The van der Waals surface area contributed by atoms with Gasteiger partial charge in [0.25, 0.3) is 0 Å². The van der Waals surface area contributed by atoms with Crippen LogP contribution in [0.4, 0.5) is 0 Å². The summed E-state index contributed by atoms with van der Waals surface area (Å²) in [5, 5.41) is 23.4. The van der Waals surface area contributed by atoms with Gasteiger partial charge in [-0.3, -0.25) is 4.79 Å². The Kier molecular flexibility index (Phi) is 58.2. The third kappa shape index (κ3) is 55.7. The van der Waals surface area contributed by atoms with Crippen molar-refractivity contribution in [2.45, 2.75) is 366 Å². The van der Waals surface area contributed by atoms with Crippen molar-refractivity contribution in [1.29, 1.82) is 0 Å². The summed E-state index contributed by atoms with van der Waals surface area (Å²) in [5.41, 5.74) is 0. The quantitative estimate of drug-likeness (QED) is 0.0420. The van der Waals surface area contributed by atoms with Gasteiger partial charge in [0, 0.05) is 6.42 Å². The van der Waals surface area contributed by atoms with Gasteiger partial charge < -0.3 is 15.5 Å². The zero-order chi connectivity index (χ0) is 48.5. The van der Waals surface area contributed by atoms with Crippen molar-refractivity contribution < 1.29 is 15.0 Å². The standard InChI is InChI=1S/C63H123NO3/c1-3-5-7-9-11-13-15-17-19-21-23-24-25-26-27-28-29-30-31-32-33-34-35-36-37-38-39-40-41-43-45-47-49-51-53-55-57-59-63(67)64-61(60-65)62(66)58-56-54-52-50-48-46-44-42-22-20-18-16-14-12-10-8-6-4-2/h27-28,30-31,61-62,65-66H,3-26,29,32-60H2,1-2H3,(H,64,67)/b28-27-,31-30-. The molecule has 0 aliphatic carbocycles. The zero-order valence-electron chi connectivity index (χ0n) is 46.0. The average Bonchev–Trinajstić information content (AvgIpc) is 3.33. The van der Waals surface area contributed by atoms with E-state index in [0.717, 1.165) is 32.1 Å². The number of carbonyl (C=O) groups is 1. The van der Waals surface area contributed by atoms with E-state index < -0.39 is 12.1 Å². The topological polar surface area (TPSA) is 69.6 Å². The molecule has 0 spiro atoms. The third-order valence-electron chi connectivity index (χ3n) is 14.7. The number of hydrogen-bond acceptors (Lipinski definition) is 3. The van der Waals surface area contributed by atoms with Crippen LogP contribution in [0.1, 0.15) is 354 Å². The fraction of sp³-hybridized carbons (Fsp3) is 0.921. The fourth-order valence-electron chi connectivity index (χ4n) is 9.98. The highest BCUT2D eigenvalue weighted by atomic mass is 16.3. The highest BCUT2D eigenvalue weighted by Gasteiger charge is 2.20. The van der Waals surface area contributed by atoms with Gasteiger partial charge in [0.15, 0.2) is 0 Å². The average molecular weight is 943 g/mol. The molecule has 2 atom stereocenters. The summed E-state index contributed by atoms with van der Waals surface area (Å²) in [6.45, 7) is 4.40. The van der Waals surface area contributed by atoms with Crippen LogP contribution in [0.3, 0.4) is 0 Å². The number of aliphatic hydroxyl groups is 2. The van der Waals surface area contributed by atoms with Gasteiger partial charge >= 0.3 is 0 Å². The molecule has 0 heterocycles. The van der Waals surface area contributed by atoms with Gasteiger partial charge in [-0.2, -0.15) is 0 Å². The van der Waals surface area contributed by atoms with Crippen LogP contribution in [0.15, 0.2) is 24.3 Å². The van der Waals surface area contributed by atoms with Crippen molar-refractivity contribution in [2.75, 3.05) is 6.61 Å². The summed E-state index contributed by atoms with van der Waals surface area (Å²) in [6.07, 6.45) is 79.1. The second kappa shape index (κ2) is 59.2. The SMILES string of the molecule is CCCCCCCCCCCCCCC/C=C\C/C=C\CCCCCCCCCCCCCCCCCCCC(=O)NC(CO)C(O)CCCCCCCCCCCCCCCCCCCC. The molecule has 0 aromatic heterocycles. The van der Waals surface area contributed by atoms with E-state index >= 15 is 0 Å². The van der Waals surface area contributed by atoms with Gasteiger partial charge in [0.1, 0.15) is 0 Å². The van der Waals surface area contributed by atoms with Gasteiger partial charge in [-0.25, -0.2) is 0 Å². The van der Waals surface area contributed by atoms with Gasteiger partial charge in [-0.1, -0.05) is 327 Å². The van der Waals surface area contributed by atoms with E-state index in [1.807, 2.05) is 0 Å². The highest BCUT2D eigenvalue weighted by Crippen LogP contribution is 2.18. The largest absolute Gasteiger partial charge is 0.394 e. The Bertz CT molecular complexity index is 978. The van der Waals surface area contributed by atoms with Crippen LogP contribution in [-0.4, -0.2) is 34.9 Å². The normalized spacial score (nSPS) is 12.8. The van der Waals surface area contributed by atoms with Crippen molar-refractivity contribution in [1.82, 2.24) is 5.32 Å². The molecule has 0 aromatic carbocycles. The maximum Gasteiger partial charge on any atom is 0.220 e. The minimum atomic E-state index is -0.658. The molecule has 4 nitrogen and oxygen atoms in total. The molecular weight excluding hydrogens is 819 g/mol. The maximum absolute atomic E-state index is 12.5. The Hall–Kier alpha value is -1.13. The molecule has 0 aliphatic heterocycles. The van der Waals surface area contributed by atoms with Crippen molar-refractivity contribution in [2.24, 2.45) is 0 Å². The van der Waals surface area contributed by atoms with Crippen LogP contribution in [-0.2, 0) is 4.79 Å². The predicted octanol–water partition coefficient (Wildman–Crippen LogP) is 20.7. The molecule has 0 rings (SSSR count). The smallest absolute Gasteiger partial charge is 0.220 e. The number of carbonyl (C=O) groups excluding carboxylic acids is 1. The fourth-order valence-corrected chi connectivity index (χ4v) is 9.98. The molecule has 0 radical (unpaired) electrons. The number of amides is 1. The first-order chi connectivity index (χ1) is 33.2. The number of aliphatic hydroxyl groups excluding tert-OH is 2. The zero-order valence-corrected chi connectivity index (χ0v) is 46.0. The van der Waals surface area contributed by atoms with E-state index in [0.29, 0.717) is 12.8 Å². The van der Waals surface area contributed by atoms with Crippen molar-refractivity contribution in [3.05, 3.63) is 24.3 Å². The summed E-state index contributed by atoms with van der Waals surface area (Å²) in [7, 11) is 0. The first-order valence-electron chi connectivity index (χ1n) is 31.0. The van der Waals surface area contributed by atoms with Gasteiger partial charge in [-0.15, -0.1) is 0 Å². The molecule has 3 N–H and O–H groups in total. The molecule has 0 saturated carbocycles. The van der Waals surface area contributed by atoms with Crippen LogP contribution in [0.25, 0.3) is 0 Å². The molecule has 0 aromatic rings. The lowest BCUT2D eigenvalue weighted by Gasteiger charge is -2.22. The molecule has 67 heavy (non-hydrogen) atoms. The number of rotatable bonds is 58. The minimum Gasteiger partial charge on any atom is -0.394 e. The highest BCUT2D eigenvalue weighted by molar-refractivity contribution is 5.76. The molecule has 0 bridgehead atoms. The first kappa shape index (κ1) is 65.9. The molecule has 0 fully saturated rings. The van der Waals surface area contributed by atoms with Crippen molar-refractivity contribution in [3.63, 3.8) is 0 Å². The molecule has 398 valence electrons. The van der Waals surface area contributed by atoms with Crippen molar-refractivity contribution in [3.8, 4) is 0 Å². The summed E-state index contributed by atoms with van der Waals surface area (Å²) >= 11 is 0. The number of unbranched alkanes of at least 4 members (excludes halogenated alkanes) is 47. The molecule has 4 heteroatoms. The van der Waals surface area contributed by atoms with E-state index in [2.05, 4.69) is 43.5 Å². The van der Waals surface area contributed by atoms with Gasteiger partial charge in [0.05, 0.1) is 18.8 Å². The van der Waals surface area contributed by atoms with Crippen LogP contribution in [0, 0.1) is 0 Å². The number of nitrogens with one attached hydrogen (secondary N) is 1. The maximum atomic E-state index is 12.5. The summed E-state index contributed by atoms with van der Waals surface area (Å²) in [4.78, 5) is 12.5. The van der Waals surface area contributed by atoms with Crippen LogP contribution in [0.2, 0.25) is 0 Å². The van der Waals surface area contributed by atoms with Gasteiger partial charge in [0.2, 0.25) is 5.91 Å². The lowest BCUT2D eigenvalue weighted by Crippen LogP contribution is -2.45. The molecular formula is C63H123NO3. The number of hydrogen-bond donors (Lipinski definition) is 3.